The van der Waals surface area contributed by atoms with E-state index >= 15 is 0 Å². The monoisotopic (exact) mass is 535 g/mol. The van der Waals surface area contributed by atoms with Gasteiger partial charge in [0.25, 0.3) is 11.2 Å². The minimum absolute atomic E-state index is 0.0677. The van der Waals surface area contributed by atoms with E-state index in [1.54, 1.807) is 32.1 Å². The van der Waals surface area contributed by atoms with Gasteiger partial charge in [0.2, 0.25) is 0 Å². The van der Waals surface area contributed by atoms with Crippen molar-refractivity contribution in [2.24, 2.45) is 4.99 Å². The summed E-state index contributed by atoms with van der Waals surface area (Å²) in [6.45, 7) is 6.39. The van der Waals surface area contributed by atoms with E-state index in [-0.39, 0.29) is 23.4 Å². The molecule has 0 N–H and O–H groups in total. The predicted octanol–water partition coefficient (Wildman–Crippen LogP) is 4.28. The van der Waals surface area contributed by atoms with Crippen LogP contribution in [-0.2, 0) is 9.53 Å². The van der Waals surface area contributed by atoms with Gasteiger partial charge >= 0.3 is 5.97 Å². The number of carbonyl (C=O) groups is 1. The van der Waals surface area contributed by atoms with E-state index in [0.717, 1.165) is 19.3 Å². The Hall–Kier alpha value is -4.05. The summed E-state index contributed by atoms with van der Waals surface area (Å²) >= 11 is 1.17. The number of allylic oxidation sites excluding steroid dienone is 1. The maximum absolute atomic E-state index is 13.7. The summed E-state index contributed by atoms with van der Waals surface area (Å²) in [5.41, 5.74) is 1.58. The molecule has 1 aliphatic heterocycles. The third-order valence-corrected chi connectivity index (χ3v) is 7.09. The molecule has 0 aliphatic carbocycles. The highest BCUT2D eigenvalue weighted by Gasteiger charge is 2.33. The number of benzene rings is 2. The number of carbonyl (C=O) groups excluding carboxylic acids is 1. The lowest BCUT2D eigenvalue weighted by Gasteiger charge is -2.24. The topological polar surface area (TPSA) is 113 Å². The van der Waals surface area contributed by atoms with Crippen molar-refractivity contribution in [3.05, 3.63) is 101 Å². The summed E-state index contributed by atoms with van der Waals surface area (Å²) < 4.78 is 13.0. The molecular weight excluding hydrogens is 506 g/mol. The van der Waals surface area contributed by atoms with Crippen LogP contribution in [0.5, 0.6) is 5.75 Å². The van der Waals surface area contributed by atoms with Crippen LogP contribution in [0, 0.1) is 10.1 Å². The smallest absolute Gasteiger partial charge is 0.338 e. The van der Waals surface area contributed by atoms with Gasteiger partial charge in [-0.2, -0.15) is 0 Å². The van der Waals surface area contributed by atoms with Crippen LogP contribution in [0.2, 0.25) is 0 Å². The van der Waals surface area contributed by atoms with Crippen molar-refractivity contribution in [3.8, 4) is 5.75 Å². The minimum atomic E-state index is -0.744. The second-order valence-corrected chi connectivity index (χ2v) is 9.79. The fourth-order valence-electron chi connectivity index (χ4n) is 4.27. The van der Waals surface area contributed by atoms with Crippen LogP contribution < -0.4 is 19.6 Å². The summed E-state index contributed by atoms with van der Waals surface area (Å²) in [6, 6.07) is 12.7. The molecule has 1 aromatic heterocycles. The molecule has 4 rings (SSSR count). The Balaban J connectivity index is 1.80. The van der Waals surface area contributed by atoms with Crippen molar-refractivity contribution in [3.63, 3.8) is 0 Å². The average molecular weight is 536 g/mol. The largest absolute Gasteiger partial charge is 0.494 e. The van der Waals surface area contributed by atoms with E-state index in [4.69, 9.17) is 9.47 Å². The van der Waals surface area contributed by atoms with Gasteiger partial charge < -0.3 is 9.47 Å². The van der Waals surface area contributed by atoms with Crippen molar-refractivity contribution in [2.45, 2.75) is 46.1 Å². The summed E-state index contributed by atoms with van der Waals surface area (Å²) in [4.78, 5) is 42.4. The van der Waals surface area contributed by atoms with Gasteiger partial charge in [0.1, 0.15) is 5.75 Å². The predicted molar refractivity (Wildman–Crippen MR) is 145 cm³/mol. The first-order valence-electron chi connectivity index (χ1n) is 12.5. The highest BCUT2D eigenvalue weighted by Crippen LogP contribution is 2.31. The molecule has 1 atom stereocenters. The van der Waals surface area contributed by atoms with Gasteiger partial charge in [0, 0.05) is 12.1 Å². The molecule has 1 unspecified atom stereocenters. The maximum Gasteiger partial charge on any atom is 0.338 e. The number of thiazole rings is 1. The first-order chi connectivity index (χ1) is 18.3. The van der Waals surface area contributed by atoms with Crippen LogP contribution in [0.1, 0.15) is 57.2 Å². The molecule has 1 aliphatic rings. The molecule has 9 nitrogen and oxygen atoms in total. The third kappa shape index (κ3) is 5.75. The first kappa shape index (κ1) is 27.0. The lowest BCUT2D eigenvalue weighted by Crippen LogP contribution is -2.39. The van der Waals surface area contributed by atoms with Gasteiger partial charge in [0.05, 0.1) is 40.0 Å². The van der Waals surface area contributed by atoms with E-state index in [0.29, 0.717) is 38.5 Å². The van der Waals surface area contributed by atoms with Crippen LogP contribution >= 0.6 is 11.3 Å². The minimum Gasteiger partial charge on any atom is -0.494 e. The highest BCUT2D eigenvalue weighted by molar-refractivity contribution is 7.07. The number of nitro groups is 1. The van der Waals surface area contributed by atoms with E-state index in [1.807, 2.05) is 24.3 Å². The first-order valence-corrected chi connectivity index (χ1v) is 13.3. The Morgan fingerprint density at radius 3 is 2.63 bits per heavy atom. The van der Waals surface area contributed by atoms with Crippen molar-refractivity contribution in [1.29, 1.82) is 0 Å². The Kier molecular flexibility index (Phi) is 8.52. The number of hydrogen-bond donors (Lipinski definition) is 0. The zero-order chi connectivity index (χ0) is 27.2. The van der Waals surface area contributed by atoms with Crippen molar-refractivity contribution in [2.75, 3.05) is 13.2 Å². The van der Waals surface area contributed by atoms with E-state index < -0.39 is 16.9 Å². The van der Waals surface area contributed by atoms with Crippen LogP contribution in [0.4, 0.5) is 5.69 Å². The number of fused-ring (bicyclic) bond motifs is 1. The number of ether oxygens (including phenoxy) is 2. The molecule has 0 fully saturated rings. The fourth-order valence-corrected chi connectivity index (χ4v) is 5.32. The van der Waals surface area contributed by atoms with Gasteiger partial charge in [-0.3, -0.25) is 19.5 Å². The van der Waals surface area contributed by atoms with Gasteiger partial charge in [-0.05, 0) is 49.6 Å². The molecule has 0 bridgehead atoms. The molecule has 198 valence electrons. The molecule has 0 saturated heterocycles. The van der Waals surface area contributed by atoms with E-state index in [2.05, 4.69) is 11.9 Å². The van der Waals surface area contributed by atoms with Gasteiger partial charge in [-0.25, -0.2) is 9.79 Å². The second-order valence-electron chi connectivity index (χ2n) is 8.78. The molecule has 0 spiro atoms. The number of aromatic nitrogens is 1. The normalized spacial score (nSPS) is 15.1. The molecule has 2 aromatic carbocycles. The molecule has 0 amide bonds. The summed E-state index contributed by atoms with van der Waals surface area (Å²) in [5.74, 6) is 0.174. The number of non-ortho nitro benzene ring substituents is 1. The average Bonchev–Trinajstić information content (AvgIpc) is 3.20. The van der Waals surface area contributed by atoms with E-state index in [9.17, 15) is 19.7 Å². The lowest BCUT2D eigenvalue weighted by atomic mass is 9.96. The fraction of sp³-hybridized carbons (Fsp3) is 0.321. The van der Waals surface area contributed by atoms with Crippen molar-refractivity contribution in [1.82, 2.24) is 4.57 Å². The zero-order valence-corrected chi connectivity index (χ0v) is 22.3. The van der Waals surface area contributed by atoms with Crippen LogP contribution in [0.15, 0.2) is 69.6 Å². The summed E-state index contributed by atoms with van der Waals surface area (Å²) in [6.07, 6.45) is 4.77. The summed E-state index contributed by atoms with van der Waals surface area (Å²) in [5, 5.41) is 11.2. The quantitative estimate of drug-likeness (QED) is 0.166. The van der Waals surface area contributed by atoms with Crippen LogP contribution in [0.3, 0.4) is 0 Å². The maximum atomic E-state index is 13.7. The molecule has 2 heterocycles. The van der Waals surface area contributed by atoms with E-state index in [1.165, 1.54) is 28.0 Å². The molecular formula is C28H29N3O6S. The Morgan fingerprint density at radius 2 is 1.95 bits per heavy atom. The zero-order valence-electron chi connectivity index (χ0n) is 21.5. The number of nitrogens with zero attached hydrogens (tertiary/aromatic N) is 3. The standard InChI is InChI=1S/C28H29N3O6S/c1-4-6-7-15-37-22-13-11-20(12-14-22)25-24(27(33)36-5-2)18(3)29-28-30(25)26(32)23(38-28)17-19-9-8-10-21(16-19)31(34)35/h8-14,16-17,25H,4-7,15H2,1-3H3. The van der Waals surface area contributed by atoms with Crippen molar-refractivity contribution < 1.29 is 19.2 Å². The van der Waals surface area contributed by atoms with Gasteiger partial charge in [0.15, 0.2) is 4.80 Å². The molecule has 0 radical (unpaired) electrons. The van der Waals surface area contributed by atoms with Crippen LogP contribution in [-0.4, -0.2) is 28.7 Å². The molecule has 0 saturated carbocycles. The number of unbranched alkanes of at least 4 members (excludes halogenated alkanes) is 2. The number of hydrogen-bond acceptors (Lipinski definition) is 8. The number of esters is 1. The lowest BCUT2D eigenvalue weighted by molar-refractivity contribution is -0.384. The molecule has 38 heavy (non-hydrogen) atoms. The SMILES string of the molecule is CCCCCOc1ccc(C2C(C(=O)OCC)=C(C)N=c3sc(=Cc4cccc([N+](=O)[O-])c4)c(=O)n32)cc1. The van der Waals surface area contributed by atoms with Crippen molar-refractivity contribution >= 4 is 29.1 Å². The Morgan fingerprint density at radius 1 is 1.18 bits per heavy atom. The Bertz CT molecular complexity index is 1550. The Labute approximate surface area is 223 Å². The second kappa shape index (κ2) is 12.0. The highest BCUT2D eigenvalue weighted by atomic mass is 32.1. The third-order valence-electron chi connectivity index (χ3n) is 6.11. The molecule has 10 heteroatoms. The van der Waals surface area contributed by atoms with Gasteiger partial charge in [-0.1, -0.05) is 55.4 Å². The van der Waals surface area contributed by atoms with Gasteiger partial charge in [-0.15, -0.1) is 0 Å². The molecule has 3 aromatic rings. The van der Waals surface area contributed by atoms with Crippen LogP contribution in [0.25, 0.3) is 6.08 Å². The number of rotatable bonds is 10. The number of nitro benzene ring substituents is 1. The summed E-state index contributed by atoms with van der Waals surface area (Å²) in [7, 11) is 0.